The molecule has 5 nitrogen and oxygen atoms in total. The van der Waals surface area contributed by atoms with Crippen LogP contribution in [0.5, 0.6) is 0 Å². The van der Waals surface area contributed by atoms with Crippen LogP contribution in [0.25, 0.3) is 0 Å². The third-order valence-electron chi connectivity index (χ3n) is 4.16. The number of nitrogens with zero attached hydrogens (tertiary/aromatic N) is 3. The van der Waals surface area contributed by atoms with Crippen molar-refractivity contribution in [2.75, 3.05) is 11.1 Å². The second-order valence-electron chi connectivity index (χ2n) is 6.46. The van der Waals surface area contributed by atoms with Crippen LogP contribution in [0, 0.1) is 17.5 Å². The van der Waals surface area contributed by atoms with Crippen LogP contribution in [-0.4, -0.2) is 26.4 Å². The van der Waals surface area contributed by atoms with Crippen LogP contribution in [0.15, 0.2) is 58.7 Å². The molecule has 0 atom stereocenters. The molecule has 0 unspecified atom stereocenters. The largest absolute Gasteiger partial charge is 0.322 e. The van der Waals surface area contributed by atoms with Gasteiger partial charge in [0, 0.05) is 22.8 Å². The van der Waals surface area contributed by atoms with Crippen molar-refractivity contribution >= 4 is 51.0 Å². The molecule has 2 aromatic carbocycles. The molecule has 0 fully saturated rings. The maximum atomic E-state index is 13.9. The smallest absolute Gasteiger partial charge is 0.234 e. The molecule has 1 heterocycles. The van der Waals surface area contributed by atoms with Crippen molar-refractivity contribution in [2.45, 2.75) is 23.2 Å². The Hall–Kier alpha value is -2.24. The topological polar surface area (TPSA) is 59.8 Å². The van der Waals surface area contributed by atoms with E-state index in [4.69, 9.17) is 0 Å². The maximum absolute atomic E-state index is 13.9. The molecule has 0 bridgehead atoms. The molecule has 11 heteroatoms. The fourth-order valence-electron chi connectivity index (χ4n) is 2.68. The van der Waals surface area contributed by atoms with Gasteiger partial charge in [-0.3, -0.25) is 4.79 Å². The average molecular weight is 543 g/mol. The van der Waals surface area contributed by atoms with E-state index in [0.29, 0.717) is 40.7 Å². The quantitative estimate of drug-likeness (QED) is 0.259. The molecule has 0 saturated carbocycles. The van der Waals surface area contributed by atoms with E-state index in [1.165, 1.54) is 17.8 Å². The van der Waals surface area contributed by atoms with Crippen LogP contribution in [-0.2, 0) is 22.8 Å². The molecule has 0 aliphatic heterocycles. The normalized spacial score (nSPS) is 10.9. The highest BCUT2D eigenvalue weighted by molar-refractivity contribution is 9.10. The summed E-state index contributed by atoms with van der Waals surface area (Å²) in [5.74, 6) is -0.767. The van der Waals surface area contributed by atoms with Crippen LogP contribution in [0.4, 0.5) is 18.9 Å². The Morgan fingerprint density at radius 2 is 1.94 bits per heavy atom. The third-order valence-corrected chi connectivity index (χ3v) is 6.72. The Kier molecular flexibility index (Phi) is 8.83. The summed E-state index contributed by atoms with van der Waals surface area (Å²) in [6.07, 6.45) is 1.68. The van der Waals surface area contributed by atoms with Crippen molar-refractivity contribution in [3.63, 3.8) is 0 Å². The highest BCUT2D eigenvalue weighted by Crippen LogP contribution is 2.28. The van der Waals surface area contributed by atoms with Gasteiger partial charge in [0.15, 0.2) is 11.0 Å². The van der Waals surface area contributed by atoms with E-state index in [1.54, 1.807) is 24.3 Å². The van der Waals surface area contributed by atoms with Crippen LogP contribution >= 0.6 is 39.5 Å². The van der Waals surface area contributed by atoms with Gasteiger partial charge in [0.25, 0.3) is 0 Å². The van der Waals surface area contributed by atoms with Crippen LogP contribution in [0.1, 0.15) is 11.4 Å². The van der Waals surface area contributed by atoms with Crippen molar-refractivity contribution in [3.8, 4) is 0 Å². The van der Waals surface area contributed by atoms with Crippen molar-refractivity contribution in [1.29, 1.82) is 0 Å². The van der Waals surface area contributed by atoms with Gasteiger partial charge in [-0.1, -0.05) is 36.0 Å². The highest BCUT2D eigenvalue weighted by atomic mass is 79.9. The zero-order valence-corrected chi connectivity index (χ0v) is 19.9. The summed E-state index contributed by atoms with van der Waals surface area (Å²) in [4.78, 5) is 12.3. The van der Waals surface area contributed by atoms with Crippen LogP contribution in [0.2, 0.25) is 0 Å². The Bertz CT molecular complexity index is 1100. The molecule has 3 aromatic rings. The van der Waals surface area contributed by atoms with Crippen molar-refractivity contribution in [3.05, 3.63) is 82.4 Å². The fraction of sp³-hybridized carbons (Fsp3) is 0.190. The first-order chi connectivity index (χ1) is 15.4. The van der Waals surface area contributed by atoms with Gasteiger partial charge in [-0.05, 0) is 33.6 Å². The van der Waals surface area contributed by atoms with E-state index in [9.17, 15) is 18.0 Å². The van der Waals surface area contributed by atoms with Gasteiger partial charge in [-0.2, -0.15) is 0 Å². The van der Waals surface area contributed by atoms with Crippen molar-refractivity contribution in [1.82, 2.24) is 14.8 Å². The molecule has 0 saturated heterocycles. The molecule has 168 valence electrons. The van der Waals surface area contributed by atoms with Gasteiger partial charge in [0.1, 0.15) is 17.5 Å². The number of hydrogen-bond acceptors (Lipinski definition) is 5. The Morgan fingerprint density at radius 1 is 1.16 bits per heavy atom. The zero-order chi connectivity index (χ0) is 23.1. The molecule has 0 spiro atoms. The van der Waals surface area contributed by atoms with E-state index in [1.807, 2.05) is 4.57 Å². The van der Waals surface area contributed by atoms with Crippen LogP contribution < -0.4 is 5.32 Å². The highest BCUT2D eigenvalue weighted by Gasteiger charge is 2.16. The molecule has 0 aliphatic carbocycles. The Labute approximate surface area is 200 Å². The summed E-state index contributed by atoms with van der Waals surface area (Å²) in [6, 6.07) is 8.35. The minimum Gasteiger partial charge on any atom is -0.322 e. The predicted molar refractivity (Wildman–Crippen MR) is 125 cm³/mol. The number of halogens is 4. The first-order valence-corrected chi connectivity index (χ1v) is 12.2. The number of anilines is 1. The SMILES string of the molecule is C=CCn1c(CSCc2ccccc2F)nnc1SCC(=O)Nc1c(F)cc(F)cc1Br. The summed E-state index contributed by atoms with van der Waals surface area (Å²) < 4.78 is 42.8. The average Bonchev–Trinajstić information content (AvgIpc) is 3.12. The van der Waals surface area contributed by atoms with Gasteiger partial charge in [0.05, 0.1) is 17.2 Å². The van der Waals surface area contributed by atoms with Crippen molar-refractivity contribution in [2.24, 2.45) is 0 Å². The maximum Gasteiger partial charge on any atom is 0.234 e. The monoisotopic (exact) mass is 542 g/mol. The number of amides is 1. The lowest BCUT2D eigenvalue weighted by Gasteiger charge is -2.10. The van der Waals surface area contributed by atoms with Gasteiger partial charge < -0.3 is 9.88 Å². The molecular weight excluding hydrogens is 525 g/mol. The first-order valence-electron chi connectivity index (χ1n) is 9.30. The first kappa shape index (κ1) is 24.4. The Morgan fingerprint density at radius 3 is 2.66 bits per heavy atom. The molecular formula is C21H18BrF3N4OS2. The summed E-state index contributed by atoms with van der Waals surface area (Å²) in [7, 11) is 0. The zero-order valence-electron chi connectivity index (χ0n) is 16.7. The summed E-state index contributed by atoms with van der Waals surface area (Å²) in [6.45, 7) is 4.17. The molecule has 1 amide bonds. The number of rotatable bonds is 10. The minimum atomic E-state index is -0.876. The predicted octanol–water partition coefficient (Wildman–Crippen LogP) is 5.81. The minimum absolute atomic E-state index is 0.0547. The number of nitrogens with one attached hydrogen (secondary N) is 1. The number of carbonyl (C=O) groups is 1. The number of allylic oxidation sites excluding steroid dienone is 1. The lowest BCUT2D eigenvalue weighted by atomic mass is 10.2. The fourth-order valence-corrected chi connectivity index (χ4v) is 4.91. The molecule has 1 N–H and O–H groups in total. The van der Waals surface area contributed by atoms with Crippen LogP contribution in [0.3, 0.4) is 0 Å². The van der Waals surface area contributed by atoms with E-state index in [0.717, 1.165) is 17.8 Å². The molecule has 0 aliphatic rings. The lowest BCUT2D eigenvalue weighted by Crippen LogP contribution is -2.16. The van der Waals surface area contributed by atoms with Gasteiger partial charge in [-0.15, -0.1) is 28.5 Å². The Balaban J connectivity index is 1.60. The van der Waals surface area contributed by atoms with Gasteiger partial charge in [-0.25, -0.2) is 13.2 Å². The molecule has 32 heavy (non-hydrogen) atoms. The number of hydrogen-bond donors (Lipinski definition) is 1. The van der Waals surface area contributed by atoms with Crippen molar-refractivity contribution < 1.29 is 18.0 Å². The molecule has 0 radical (unpaired) electrons. The standard InChI is InChI=1S/C21H18BrF3N4OS2/c1-2-7-29-18(11-31-10-13-5-3-4-6-16(13)24)27-28-21(29)32-12-19(30)26-20-15(22)8-14(23)9-17(20)25/h2-6,8-9H,1,7,10-12H2,(H,26,30). The number of thioether (sulfide) groups is 2. The van der Waals surface area contributed by atoms with Gasteiger partial charge >= 0.3 is 0 Å². The number of aromatic nitrogens is 3. The van der Waals surface area contributed by atoms with E-state index >= 15 is 0 Å². The summed E-state index contributed by atoms with van der Waals surface area (Å²) in [5, 5.41) is 11.2. The third kappa shape index (κ3) is 6.39. The molecule has 1 aromatic heterocycles. The second kappa shape index (κ2) is 11.6. The lowest BCUT2D eigenvalue weighted by molar-refractivity contribution is -0.113. The number of benzene rings is 2. The number of carbonyl (C=O) groups excluding carboxylic acids is 1. The van der Waals surface area contributed by atoms with E-state index in [2.05, 4.69) is 38.0 Å². The second-order valence-corrected chi connectivity index (χ2v) is 9.25. The van der Waals surface area contributed by atoms with Gasteiger partial charge in [0.2, 0.25) is 5.91 Å². The molecule has 3 rings (SSSR count). The van der Waals surface area contributed by atoms with E-state index in [-0.39, 0.29) is 21.7 Å². The summed E-state index contributed by atoms with van der Waals surface area (Å²) >= 11 is 5.66. The summed E-state index contributed by atoms with van der Waals surface area (Å²) in [5.41, 5.74) is 0.479. The van der Waals surface area contributed by atoms with E-state index < -0.39 is 17.5 Å².